The summed E-state index contributed by atoms with van der Waals surface area (Å²) < 4.78 is 5.15. The van der Waals surface area contributed by atoms with Crippen LogP contribution in [0.2, 0.25) is 0 Å². The lowest BCUT2D eigenvalue weighted by Crippen LogP contribution is -2.11. The first kappa shape index (κ1) is 13.1. The lowest BCUT2D eigenvalue weighted by molar-refractivity contribution is 0.365. The Morgan fingerprint density at radius 2 is 2.17 bits per heavy atom. The Balaban J connectivity index is 1.90. The molecule has 1 aromatic heterocycles. The molecule has 1 N–H and O–H groups in total. The molecule has 0 aliphatic carbocycles. The minimum atomic E-state index is 0.637. The lowest BCUT2D eigenvalue weighted by Gasteiger charge is -2.01. The number of hydrogen-bond acceptors (Lipinski definition) is 5. The van der Waals surface area contributed by atoms with Crippen LogP contribution in [0.4, 0.5) is 0 Å². The second-order valence-corrected chi connectivity index (χ2v) is 4.96. The van der Waals surface area contributed by atoms with Crippen LogP contribution in [0.5, 0.6) is 0 Å². The Labute approximate surface area is 111 Å². The monoisotopic (exact) mass is 263 g/mol. The molecule has 0 aliphatic rings. The summed E-state index contributed by atoms with van der Waals surface area (Å²) in [4.78, 5) is 5.59. The summed E-state index contributed by atoms with van der Waals surface area (Å²) >= 11 is 1.73. The highest BCUT2D eigenvalue weighted by Gasteiger charge is 2.06. The molecule has 4 nitrogen and oxygen atoms in total. The Hall–Kier alpha value is -1.33. The maximum atomic E-state index is 5.15. The van der Waals surface area contributed by atoms with Gasteiger partial charge >= 0.3 is 0 Å². The van der Waals surface area contributed by atoms with Crippen LogP contribution in [0.25, 0.3) is 0 Å². The van der Waals surface area contributed by atoms with Crippen LogP contribution in [-0.2, 0) is 12.3 Å². The van der Waals surface area contributed by atoms with E-state index in [1.54, 1.807) is 11.8 Å². The summed E-state index contributed by atoms with van der Waals surface area (Å²) in [6, 6.07) is 8.30. The molecule has 18 heavy (non-hydrogen) atoms. The molecule has 96 valence electrons. The van der Waals surface area contributed by atoms with Gasteiger partial charge in [0.2, 0.25) is 5.89 Å². The third-order valence-electron chi connectivity index (χ3n) is 2.49. The number of hydrogen-bond donors (Lipinski definition) is 1. The zero-order valence-corrected chi connectivity index (χ0v) is 11.5. The number of aromatic nitrogens is 2. The third-order valence-corrected chi connectivity index (χ3v) is 3.66. The van der Waals surface area contributed by atoms with E-state index in [0.717, 1.165) is 18.1 Å². The molecule has 0 unspecified atom stereocenters. The van der Waals surface area contributed by atoms with E-state index in [1.807, 2.05) is 19.1 Å². The quantitative estimate of drug-likeness (QED) is 0.812. The van der Waals surface area contributed by atoms with Gasteiger partial charge in [-0.15, -0.1) is 11.8 Å². The number of nitrogens with one attached hydrogen (secondary N) is 1. The van der Waals surface area contributed by atoms with Gasteiger partial charge in [-0.25, -0.2) is 0 Å². The summed E-state index contributed by atoms with van der Waals surface area (Å²) in [6.07, 6.45) is 0. The Morgan fingerprint density at radius 1 is 1.33 bits per heavy atom. The zero-order valence-electron chi connectivity index (χ0n) is 10.6. The van der Waals surface area contributed by atoms with Crippen molar-refractivity contribution < 1.29 is 4.52 Å². The third kappa shape index (κ3) is 3.58. The highest BCUT2D eigenvalue weighted by Crippen LogP contribution is 2.24. The Kier molecular flexibility index (Phi) is 4.78. The smallest absolute Gasteiger partial charge is 0.240 e. The van der Waals surface area contributed by atoms with E-state index in [0.29, 0.717) is 12.4 Å². The van der Waals surface area contributed by atoms with Gasteiger partial charge in [0, 0.05) is 4.90 Å². The molecule has 0 saturated heterocycles. The summed E-state index contributed by atoms with van der Waals surface area (Å²) in [5.74, 6) is 2.13. The van der Waals surface area contributed by atoms with Crippen LogP contribution in [-0.4, -0.2) is 16.7 Å². The predicted molar refractivity (Wildman–Crippen MR) is 72.4 cm³/mol. The highest BCUT2D eigenvalue weighted by atomic mass is 32.2. The molecular formula is C13H17N3OS. The van der Waals surface area contributed by atoms with E-state index in [9.17, 15) is 0 Å². The number of rotatable bonds is 6. The standard InChI is InChI=1S/C13H17N3OS/c1-3-14-8-13-15-12(16-17-13)9-18-11-7-5-4-6-10(11)2/h4-7,14H,3,8-9H2,1-2H3. The minimum absolute atomic E-state index is 0.637. The van der Waals surface area contributed by atoms with E-state index in [1.165, 1.54) is 10.5 Å². The van der Waals surface area contributed by atoms with Crippen LogP contribution >= 0.6 is 11.8 Å². The average Bonchev–Trinajstić information content (AvgIpc) is 2.83. The number of thioether (sulfide) groups is 1. The van der Waals surface area contributed by atoms with Gasteiger partial charge in [0.05, 0.1) is 12.3 Å². The van der Waals surface area contributed by atoms with E-state index in [-0.39, 0.29) is 0 Å². The first-order valence-electron chi connectivity index (χ1n) is 6.00. The van der Waals surface area contributed by atoms with Gasteiger partial charge < -0.3 is 9.84 Å². The molecule has 0 spiro atoms. The van der Waals surface area contributed by atoms with Crippen molar-refractivity contribution in [1.29, 1.82) is 0 Å². The Morgan fingerprint density at radius 3 is 2.94 bits per heavy atom. The van der Waals surface area contributed by atoms with Crippen molar-refractivity contribution in [2.45, 2.75) is 31.0 Å². The fourth-order valence-electron chi connectivity index (χ4n) is 1.51. The number of benzene rings is 1. The van der Waals surface area contributed by atoms with Crippen molar-refractivity contribution in [3.63, 3.8) is 0 Å². The highest BCUT2D eigenvalue weighted by molar-refractivity contribution is 7.98. The molecule has 0 fully saturated rings. The molecule has 0 aliphatic heterocycles. The van der Waals surface area contributed by atoms with Crippen molar-refractivity contribution in [3.8, 4) is 0 Å². The summed E-state index contributed by atoms with van der Waals surface area (Å²) in [5.41, 5.74) is 1.28. The van der Waals surface area contributed by atoms with Crippen molar-refractivity contribution in [2.24, 2.45) is 0 Å². The van der Waals surface area contributed by atoms with E-state index >= 15 is 0 Å². The normalized spacial score (nSPS) is 10.8. The van der Waals surface area contributed by atoms with Gasteiger partial charge in [0.15, 0.2) is 5.82 Å². The van der Waals surface area contributed by atoms with Crippen molar-refractivity contribution in [2.75, 3.05) is 6.54 Å². The molecule has 1 heterocycles. The molecule has 2 rings (SSSR count). The molecule has 5 heteroatoms. The second kappa shape index (κ2) is 6.56. The summed E-state index contributed by atoms with van der Waals surface area (Å²) in [7, 11) is 0. The minimum Gasteiger partial charge on any atom is -0.338 e. The molecule has 0 amide bonds. The summed E-state index contributed by atoms with van der Waals surface area (Å²) in [5, 5.41) is 7.12. The number of aryl methyl sites for hydroxylation is 1. The average molecular weight is 263 g/mol. The molecule has 1 aromatic carbocycles. The first-order valence-corrected chi connectivity index (χ1v) is 6.98. The molecular weight excluding hydrogens is 246 g/mol. The van der Waals surface area contributed by atoms with Crippen molar-refractivity contribution in [1.82, 2.24) is 15.5 Å². The van der Waals surface area contributed by atoms with Crippen LogP contribution in [0.3, 0.4) is 0 Å². The fourth-order valence-corrected chi connectivity index (χ4v) is 2.39. The first-order chi connectivity index (χ1) is 8.79. The van der Waals surface area contributed by atoms with Gasteiger partial charge in [0.1, 0.15) is 0 Å². The second-order valence-electron chi connectivity index (χ2n) is 3.94. The molecule has 0 atom stereocenters. The van der Waals surface area contributed by atoms with Crippen molar-refractivity contribution >= 4 is 11.8 Å². The van der Waals surface area contributed by atoms with E-state index in [2.05, 4.69) is 34.5 Å². The maximum Gasteiger partial charge on any atom is 0.240 e. The fraction of sp³-hybridized carbons (Fsp3) is 0.385. The van der Waals surface area contributed by atoms with Crippen LogP contribution < -0.4 is 5.32 Å². The topological polar surface area (TPSA) is 51.0 Å². The van der Waals surface area contributed by atoms with E-state index in [4.69, 9.17) is 4.52 Å². The van der Waals surface area contributed by atoms with Gasteiger partial charge in [-0.3, -0.25) is 0 Å². The van der Waals surface area contributed by atoms with Crippen molar-refractivity contribution in [3.05, 3.63) is 41.5 Å². The van der Waals surface area contributed by atoms with Gasteiger partial charge in [-0.1, -0.05) is 30.3 Å². The van der Waals surface area contributed by atoms with Crippen LogP contribution in [0.15, 0.2) is 33.7 Å². The molecule has 0 saturated carbocycles. The Bertz CT molecular complexity index is 498. The molecule has 0 bridgehead atoms. The van der Waals surface area contributed by atoms with Gasteiger partial charge in [-0.05, 0) is 25.1 Å². The van der Waals surface area contributed by atoms with Gasteiger partial charge in [0.25, 0.3) is 0 Å². The van der Waals surface area contributed by atoms with E-state index < -0.39 is 0 Å². The predicted octanol–water partition coefficient (Wildman–Crippen LogP) is 2.78. The lowest BCUT2D eigenvalue weighted by atomic mass is 10.2. The number of nitrogens with zero attached hydrogens (tertiary/aromatic N) is 2. The maximum absolute atomic E-state index is 5.15. The summed E-state index contributed by atoms with van der Waals surface area (Å²) in [6.45, 7) is 5.69. The van der Waals surface area contributed by atoms with Crippen LogP contribution in [0.1, 0.15) is 24.2 Å². The zero-order chi connectivity index (χ0) is 12.8. The van der Waals surface area contributed by atoms with Crippen LogP contribution in [0, 0.1) is 6.92 Å². The molecule has 2 aromatic rings. The SMILES string of the molecule is CCNCc1nc(CSc2ccccc2C)no1. The molecule has 0 radical (unpaired) electrons. The largest absolute Gasteiger partial charge is 0.338 e. The van der Waals surface area contributed by atoms with Gasteiger partial charge in [-0.2, -0.15) is 4.98 Å².